The number of H-pyrrole nitrogens is 1. The number of aromatic nitrogens is 4. The van der Waals surface area contributed by atoms with Crippen molar-refractivity contribution in [1.29, 1.82) is 0 Å². The Morgan fingerprint density at radius 1 is 0.429 bits per heavy atom. The van der Waals surface area contributed by atoms with Crippen molar-refractivity contribution in [3.63, 3.8) is 0 Å². The molecule has 0 spiro atoms. The first kappa shape index (κ1) is 31.9. The lowest BCUT2D eigenvalue weighted by Crippen LogP contribution is -2.00. The average molecular weight is 715 g/mol. The second-order valence-corrected chi connectivity index (χ2v) is 14.3. The summed E-state index contributed by atoms with van der Waals surface area (Å²) >= 11 is 0. The highest BCUT2D eigenvalue weighted by molar-refractivity contribution is 6.12. The highest BCUT2D eigenvalue weighted by Crippen LogP contribution is 2.42. The summed E-state index contributed by atoms with van der Waals surface area (Å²) in [5, 5.41) is 4.69. The molecule has 0 saturated carbocycles. The number of rotatable bonds is 6. The monoisotopic (exact) mass is 714 g/mol. The highest BCUT2D eigenvalue weighted by atomic mass is 15.1. The molecule has 3 aromatic heterocycles. The maximum absolute atomic E-state index is 5.65. The summed E-state index contributed by atoms with van der Waals surface area (Å²) in [4.78, 5) is 14.4. The van der Waals surface area contributed by atoms with Crippen LogP contribution >= 0.6 is 0 Å². The largest absolute Gasteiger partial charge is 0.354 e. The number of nitrogens with zero attached hydrogens (tertiary/aromatic N) is 3. The molecule has 0 fully saturated rings. The van der Waals surface area contributed by atoms with E-state index < -0.39 is 0 Å². The predicted molar refractivity (Wildman–Crippen MR) is 233 cm³/mol. The smallest absolute Gasteiger partial charge is 0.147 e. The number of pyridine rings is 1. The summed E-state index contributed by atoms with van der Waals surface area (Å²) in [6.45, 7) is 0. The fourth-order valence-electron chi connectivity index (χ4n) is 8.41. The van der Waals surface area contributed by atoms with E-state index in [1.54, 1.807) is 0 Å². The molecule has 0 aliphatic carbocycles. The Bertz CT molecular complexity index is 3250. The Kier molecular flexibility index (Phi) is 7.46. The van der Waals surface area contributed by atoms with E-state index in [1.165, 1.54) is 16.3 Å². The van der Waals surface area contributed by atoms with Gasteiger partial charge in [-0.2, -0.15) is 0 Å². The number of fused-ring (bicyclic) bond motifs is 5. The van der Waals surface area contributed by atoms with Crippen LogP contribution in [0.3, 0.4) is 0 Å². The van der Waals surface area contributed by atoms with Gasteiger partial charge in [0.25, 0.3) is 0 Å². The standard InChI is InChI=1S/C52H34N4/c1-3-15-34(16-4-1)36-29-30-53-47(33-36)45-32-38(31-37-19-7-8-20-39(37)45)41-23-14-28-49-51(41)55-52(44-25-13-24-43-42-22-9-11-26-46(42)54-50(43)44)56(49)48-27-12-10-21-40(48)35-17-5-2-6-18-35/h1-33,54H. The molecule has 3 heterocycles. The van der Waals surface area contributed by atoms with Gasteiger partial charge >= 0.3 is 0 Å². The van der Waals surface area contributed by atoms with Crippen molar-refractivity contribution in [1.82, 2.24) is 19.5 Å². The second kappa shape index (κ2) is 13.1. The third kappa shape index (κ3) is 5.23. The highest BCUT2D eigenvalue weighted by Gasteiger charge is 2.23. The molecule has 0 atom stereocenters. The van der Waals surface area contributed by atoms with Gasteiger partial charge in [0.05, 0.1) is 27.9 Å². The Balaban J connectivity index is 1.19. The van der Waals surface area contributed by atoms with Crippen molar-refractivity contribution >= 4 is 43.6 Å². The lowest BCUT2D eigenvalue weighted by molar-refractivity contribution is 1.11. The Labute approximate surface area is 324 Å². The van der Waals surface area contributed by atoms with Gasteiger partial charge in [0, 0.05) is 44.7 Å². The van der Waals surface area contributed by atoms with Gasteiger partial charge in [0.15, 0.2) is 0 Å². The number of imidazole rings is 1. The van der Waals surface area contributed by atoms with E-state index in [0.29, 0.717) is 0 Å². The first-order chi connectivity index (χ1) is 27.8. The van der Waals surface area contributed by atoms with E-state index in [4.69, 9.17) is 9.97 Å². The van der Waals surface area contributed by atoms with Crippen LogP contribution in [0.25, 0.3) is 105 Å². The zero-order chi connectivity index (χ0) is 37.0. The van der Waals surface area contributed by atoms with Gasteiger partial charge in [-0.25, -0.2) is 4.98 Å². The van der Waals surface area contributed by atoms with Crippen LogP contribution in [0.2, 0.25) is 0 Å². The van der Waals surface area contributed by atoms with Crippen molar-refractivity contribution in [2.45, 2.75) is 0 Å². The molecular formula is C52H34N4. The summed E-state index contributed by atoms with van der Waals surface area (Å²) in [5.74, 6) is 0.881. The third-order valence-electron chi connectivity index (χ3n) is 11.0. The summed E-state index contributed by atoms with van der Waals surface area (Å²) in [7, 11) is 0. The fourth-order valence-corrected chi connectivity index (χ4v) is 8.41. The van der Waals surface area contributed by atoms with Crippen LogP contribution in [0.15, 0.2) is 200 Å². The summed E-state index contributed by atoms with van der Waals surface area (Å²) < 4.78 is 2.36. The number of benzene rings is 8. The van der Waals surface area contributed by atoms with Gasteiger partial charge in [-0.3, -0.25) is 9.55 Å². The van der Waals surface area contributed by atoms with Crippen LogP contribution in [0.5, 0.6) is 0 Å². The number of nitrogens with one attached hydrogen (secondary N) is 1. The molecular weight excluding hydrogens is 681 g/mol. The van der Waals surface area contributed by atoms with Gasteiger partial charge in [-0.15, -0.1) is 0 Å². The van der Waals surface area contributed by atoms with Gasteiger partial charge in [-0.05, 0) is 81.6 Å². The first-order valence-corrected chi connectivity index (χ1v) is 19.0. The maximum Gasteiger partial charge on any atom is 0.147 e. The van der Waals surface area contributed by atoms with Crippen molar-refractivity contribution in [2.24, 2.45) is 0 Å². The average Bonchev–Trinajstić information content (AvgIpc) is 3.86. The predicted octanol–water partition coefficient (Wildman–Crippen LogP) is 13.5. The molecule has 4 nitrogen and oxygen atoms in total. The molecule has 0 unspecified atom stereocenters. The minimum Gasteiger partial charge on any atom is -0.354 e. The molecule has 0 amide bonds. The van der Waals surface area contributed by atoms with Crippen molar-refractivity contribution in [3.05, 3.63) is 200 Å². The fraction of sp³-hybridized carbons (Fsp3) is 0. The molecule has 0 aliphatic rings. The zero-order valence-corrected chi connectivity index (χ0v) is 30.4. The van der Waals surface area contributed by atoms with Gasteiger partial charge in [0.1, 0.15) is 5.82 Å². The molecule has 8 aromatic carbocycles. The molecule has 0 saturated heterocycles. The van der Waals surface area contributed by atoms with Crippen molar-refractivity contribution in [3.8, 4) is 61.7 Å². The van der Waals surface area contributed by atoms with E-state index in [9.17, 15) is 0 Å². The van der Waals surface area contributed by atoms with Gasteiger partial charge in [0.2, 0.25) is 0 Å². The van der Waals surface area contributed by atoms with Crippen LogP contribution in [0.4, 0.5) is 0 Å². The molecule has 0 aliphatic heterocycles. The molecule has 262 valence electrons. The topological polar surface area (TPSA) is 46.5 Å². The Hall–Kier alpha value is -7.56. The Morgan fingerprint density at radius 2 is 1.11 bits per heavy atom. The molecule has 56 heavy (non-hydrogen) atoms. The van der Waals surface area contributed by atoms with E-state index in [-0.39, 0.29) is 0 Å². The van der Waals surface area contributed by atoms with Crippen molar-refractivity contribution in [2.75, 3.05) is 0 Å². The first-order valence-electron chi connectivity index (χ1n) is 19.0. The minimum absolute atomic E-state index is 0.881. The molecule has 0 radical (unpaired) electrons. The van der Waals surface area contributed by atoms with E-state index >= 15 is 0 Å². The lowest BCUT2D eigenvalue weighted by Gasteiger charge is -2.15. The van der Waals surface area contributed by atoms with E-state index in [2.05, 4.69) is 204 Å². The number of hydrogen-bond acceptors (Lipinski definition) is 2. The minimum atomic E-state index is 0.881. The molecule has 0 bridgehead atoms. The van der Waals surface area contributed by atoms with Crippen LogP contribution in [-0.2, 0) is 0 Å². The molecule has 1 N–H and O–H groups in total. The van der Waals surface area contributed by atoms with Crippen LogP contribution in [0, 0.1) is 0 Å². The Morgan fingerprint density at radius 3 is 1.98 bits per heavy atom. The summed E-state index contributed by atoms with van der Waals surface area (Å²) in [6, 6.07) is 68.9. The zero-order valence-electron chi connectivity index (χ0n) is 30.4. The van der Waals surface area contributed by atoms with Crippen molar-refractivity contribution < 1.29 is 0 Å². The van der Waals surface area contributed by atoms with Crippen LogP contribution in [-0.4, -0.2) is 19.5 Å². The lowest BCUT2D eigenvalue weighted by atomic mass is 9.93. The summed E-state index contributed by atoms with van der Waals surface area (Å²) in [5.41, 5.74) is 15.0. The van der Waals surface area contributed by atoms with E-state index in [0.717, 1.165) is 89.0 Å². The van der Waals surface area contributed by atoms with Gasteiger partial charge < -0.3 is 4.98 Å². The quantitative estimate of drug-likeness (QED) is 0.186. The summed E-state index contributed by atoms with van der Waals surface area (Å²) in [6.07, 6.45) is 1.92. The van der Waals surface area contributed by atoms with Crippen LogP contribution in [0.1, 0.15) is 0 Å². The SMILES string of the molecule is c1ccc(-c2ccnc(-c3cc(-c4cccc5c4nc(-c4cccc6c4[nH]c4ccccc46)n5-c4ccccc4-c4ccccc4)cc4ccccc34)c2)cc1. The van der Waals surface area contributed by atoms with Crippen LogP contribution < -0.4 is 0 Å². The number of aromatic amines is 1. The second-order valence-electron chi connectivity index (χ2n) is 14.3. The van der Waals surface area contributed by atoms with Gasteiger partial charge in [-0.1, -0.05) is 146 Å². The van der Waals surface area contributed by atoms with E-state index in [1.807, 2.05) is 6.20 Å². The maximum atomic E-state index is 5.65. The molecule has 11 rings (SSSR count). The molecule has 11 aromatic rings. The molecule has 4 heteroatoms. The number of hydrogen-bond donors (Lipinski definition) is 1. The normalized spacial score (nSPS) is 11.6. The third-order valence-corrected chi connectivity index (χ3v) is 11.0. The number of para-hydroxylation sites is 4.